The maximum absolute atomic E-state index is 11.9. The Morgan fingerprint density at radius 2 is 2.31 bits per heavy atom. The minimum Gasteiger partial charge on any atom is -0.294 e. The summed E-state index contributed by atoms with van der Waals surface area (Å²) >= 11 is 7.54. The molecule has 0 saturated heterocycles. The van der Waals surface area contributed by atoms with Crippen molar-refractivity contribution >= 4 is 28.7 Å². The van der Waals surface area contributed by atoms with Crippen LogP contribution < -0.4 is 0 Å². The van der Waals surface area contributed by atoms with Gasteiger partial charge >= 0.3 is 0 Å². The first-order valence-electron chi connectivity index (χ1n) is 4.91. The molecule has 16 heavy (non-hydrogen) atoms. The highest BCUT2D eigenvalue weighted by molar-refractivity contribution is 7.07. The fourth-order valence-electron chi connectivity index (χ4n) is 1.43. The molecule has 2 heterocycles. The number of aryl methyl sites for hydroxylation is 1. The van der Waals surface area contributed by atoms with Crippen molar-refractivity contribution in [3.63, 3.8) is 0 Å². The predicted octanol–water partition coefficient (Wildman–Crippen LogP) is 3.61. The summed E-state index contributed by atoms with van der Waals surface area (Å²) in [5.74, 6) is 0.0681. The lowest BCUT2D eigenvalue weighted by molar-refractivity contribution is 0.0983. The molecule has 0 aromatic carbocycles. The summed E-state index contributed by atoms with van der Waals surface area (Å²) < 4.78 is 0. The maximum Gasteiger partial charge on any atom is 0.164 e. The maximum atomic E-state index is 11.9. The zero-order valence-corrected chi connectivity index (χ0v) is 10.1. The van der Waals surface area contributed by atoms with Gasteiger partial charge in [0.1, 0.15) is 0 Å². The standard InChI is InChI=1S/C12H10ClNOS/c13-11-7-14-5-3-10(11)12(15)2-1-9-4-6-16-8-9/h3-8H,1-2H2. The molecule has 0 atom stereocenters. The Labute approximate surface area is 103 Å². The van der Waals surface area contributed by atoms with Crippen LogP contribution in [0.25, 0.3) is 0 Å². The van der Waals surface area contributed by atoms with E-state index in [9.17, 15) is 4.79 Å². The molecule has 4 heteroatoms. The second-order valence-electron chi connectivity index (χ2n) is 3.41. The summed E-state index contributed by atoms with van der Waals surface area (Å²) in [6.07, 6.45) is 4.34. The Morgan fingerprint density at radius 1 is 1.44 bits per heavy atom. The highest BCUT2D eigenvalue weighted by atomic mass is 35.5. The van der Waals surface area contributed by atoms with Crippen molar-refractivity contribution in [2.45, 2.75) is 12.8 Å². The van der Waals surface area contributed by atoms with E-state index in [1.165, 1.54) is 11.8 Å². The third-order valence-electron chi connectivity index (χ3n) is 2.29. The van der Waals surface area contributed by atoms with Crippen molar-refractivity contribution in [1.29, 1.82) is 0 Å². The Kier molecular flexibility index (Phi) is 3.70. The predicted molar refractivity (Wildman–Crippen MR) is 66.2 cm³/mol. The zero-order chi connectivity index (χ0) is 11.4. The Balaban J connectivity index is 2.01. The highest BCUT2D eigenvalue weighted by Gasteiger charge is 2.09. The van der Waals surface area contributed by atoms with E-state index in [-0.39, 0.29) is 5.78 Å². The molecule has 0 spiro atoms. The van der Waals surface area contributed by atoms with Gasteiger partial charge in [0.05, 0.1) is 5.02 Å². The third-order valence-corrected chi connectivity index (χ3v) is 3.33. The first-order chi connectivity index (χ1) is 7.77. The van der Waals surface area contributed by atoms with E-state index < -0.39 is 0 Å². The lowest BCUT2D eigenvalue weighted by Gasteiger charge is -2.01. The molecule has 0 bridgehead atoms. The lowest BCUT2D eigenvalue weighted by atomic mass is 10.1. The van der Waals surface area contributed by atoms with Gasteiger partial charge in [-0.2, -0.15) is 11.3 Å². The van der Waals surface area contributed by atoms with Crippen LogP contribution in [0, 0.1) is 0 Å². The number of nitrogens with zero attached hydrogens (tertiary/aromatic N) is 1. The van der Waals surface area contributed by atoms with Crippen LogP contribution >= 0.6 is 22.9 Å². The molecule has 2 nitrogen and oxygen atoms in total. The van der Waals surface area contributed by atoms with Crippen LogP contribution in [0.4, 0.5) is 0 Å². The Morgan fingerprint density at radius 3 is 3.00 bits per heavy atom. The lowest BCUT2D eigenvalue weighted by Crippen LogP contribution is -2.01. The van der Waals surface area contributed by atoms with E-state index in [0.717, 1.165) is 6.42 Å². The summed E-state index contributed by atoms with van der Waals surface area (Å²) in [5.41, 5.74) is 1.76. The molecule has 0 radical (unpaired) electrons. The number of hydrogen-bond acceptors (Lipinski definition) is 3. The molecular weight excluding hydrogens is 242 g/mol. The fourth-order valence-corrected chi connectivity index (χ4v) is 2.36. The summed E-state index contributed by atoms with van der Waals surface area (Å²) in [4.78, 5) is 15.7. The van der Waals surface area contributed by atoms with Crippen LogP contribution in [0.1, 0.15) is 22.3 Å². The number of hydrogen-bond donors (Lipinski definition) is 0. The van der Waals surface area contributed by atoms with Crippen molar-refractivity contribution < 1.29 is 4.79 Å². The minimum atomic E-state index is 0.0681. The van der Waals surface area contributed by atoms with Crippen molar-refractivity contribution in [3.05, 3.63) is 51.4 Å². The number of rotatable bonds is 4. The summed E-state index contributed by atoms with van der Waals surface area (Å²) in [6.45, 7) is 0. The number of Topliss-reactive ketones (excluding diaryl/α,β-unsaturated/α-hetero) is 1. The van der Waals surface area contributed by atoms with E-state index in [0.29, 0.717) is 17.0 Å². The number of halogens is 1. The molecule has 82 valence electrons. The summed E-state index contributed by atoms with van der Waals surface area (Å²) in [5, 5.41) is 4.50. The number of carbonyl (C=O) groups excluding carboxylic acids is 1. The van der Waals surface area contributed by atoms with Crippen LogP contribution in [-0.2, 0) is 6.42 Å². The van der Waals surface area contributed by atoms with Crippen molar-refractivity contribution in [3.8, 4) is 0 Å². The molecule has 0 fully saturated rings. The van der Waals surface area contributed by atoms with Gasteiger partial charge in [-0.1, -0.05) is 11.6 Å². The van der Waals surface area contributed by atoms with Gasteiger partial charge in [0.25, 0.3) is 0 Å². The number of pyridine rings is 1. The third kappa shape index (κ3) is 2.68. The topological polar surface area (TPSA) is 30.0 Å². The molecule has 0 N–H and O–H groups in total. The van der Waals surface area contributed by atoms with Gasteiger partial charge in [-0.15, -0.1) is 0 Å². The van der Waals surface area contributed by atoms with E-state index in [1.807, 2.05) is 11.4 Å². The second-order valence-corrected chi connectivity index (χ2v) is 4.60. The molecule has 2 rings (SSSR count). The second kappa shape index (κ2) is 5.23. The van der Waals surface area contributed by atoms with Crippen molar-refractivity contribution in [2.24, 2.45) is 0 Å². The van der Waals surface area contributed by atoms with Gasteiger partial charge < -0.3 is 0 Å². The van der Waals surface area contributed by atoms with Crippen LogP contribution in [0.5, 0.6) is 0 Å². The van der Waals surface area contributed by atoms with E-state index >= 15 is 0 Å². The minimum absolute atomic E-state index is 0.0681. The van der Waals surface area contributed by atoms with Crippen LogP contribution in [0.3, 0.4) is 0 Å². The van der Waals surface area contributed by atoms with Crippen LogP contribution in [0.2, 0.25) is 5.02 Å². The van der Waals surface area contributed by atoms with E-state index in [4.69, 9.17) is 11.6 Å². The van der Waals surface area contributed by atoms with Gasteiger partial charge in [-0.05, 0) is 34.9 Å². The SMILES string of the molecule is O=C(CCc1ccsc1)c1ccncc1Cl. The van der Waals surface area contributed by atoms with Gasteiger partial charge in [0, 0.05) is 24.4 Å². The highest BCUT2D eigenvalue weighted by Crippen LogP contribution is 2.17. The number of carbonyl (C=O) groups is 1. The monoisotopic (exact) mass is 251 g/mol. The first-order valence-corrected chi connectivity index (χ1v) is 6.23. The summed E-state index contributed by atoms with van der Waals surface area (Å²) in [6, 6.07) is 3.70. The Bertz CT molecular complexity index is 482. The van der Waals surface area contributed by atoms with Crippen molar-refractivity contribution in [1.82, 2.24) is 4.98 Å². The largest absolute Gasteiger partial charge is 0.294 e. The smallest absolute Gasteiger partial charge is 0.164 e. The number of ketones is 1. The van der Waals surface area contributed by atoms with E-state index in [2.05, 4.69) is 10.4 Å². The fraction of sp³-hybridized carbons (Fsp3) is 0.167. The van der Waals surface area contributed by atoms with E-state index in [1.54, 1.807) is 23.6 Å². The first kappa shape index (κ1) is 11.3. The molecule has 2 aromatic heterocycles. The molecular formula is C12H10ClNOS. The van der Waals surface area contributed by atoms with Gasteiger partial charge in [-0.25, -0.2) is 0 Å². The molecule has 0 aliphatic carbocycles. The van der Waals surface area contributed by atoms with Crippen molar-refractivity contribution in [2.75, 3.05) is 0 Å². The number of aromatic nitrogens is 1. The average molecular weight is 252 g/mol. The number of thiophene rings is 1. The normalized spacial score (nSPS) is 10.3. The molecule has 0 amide bonds. The molecule has 0 saturated carbocycles. The molecule has 0 aliphatic rings. The van der Waals surface area contributed by atoms with Gasteiger partial charge in [0.15, 0.2) is 5.78 Å². The van der Waals surface area contributed by atoms with Gasteiger partial charge in [0.2, 0.25) is 0 Å². The van der Waals surface area contributed by atoms with Crippen LogP contribution in [0.15, 0.2) is 35.3 Å². The quantitative estimate of drug-likeness (QED) is 0.777. The summed E-state index contributed by atoms with van der Waals surface area (Å²) in [7, 11) is 0. The van der Waals surface area contributed by atoms with Crippen LogP contribution in [-0.4, -0.2) is 10.8 Å². The molecule has 0 aliphatic heterocycles. The molecule has 2 aromatic rings. The average Bonchev–Trinajstić information content (AvgIpc) is 2.79. The zero-order valence-electron chi connectivity index (χ0n) is 8.52. The Hall–Kier alpha value is -1.19. The molecule has 0 unspecified atom stereocenters. The van der Waals surface area contributed by atoms with Gasteiger partial charge in [-0.3, -0.25) is 9.78 Å².